The molecule has 1 aliphatic carbocycles. The van der Waals surface area contributed by atoms with Gasteiger partial charge in [0.05, 0.1) is 12.7 Å². The Kier molecular flexibility index (Phi) is 3.83. The van der Waals surface area contributed by atoms with Crippen LogP contribution in [0, 0.1) is 5.92 Å². The molecule has 0 aromatic heterocycles. The standard InChI is InChI=1S/C14H20O2/c1-2-16-14-6-4-3-5-12(14)13(15)10-9-11-7-8-11/h3-6,11,13,15H,2,7-10H2,1H3. The van der Waals surface area contributed by atoms with Gasteiger partial charge in [-0.15, -0.1) is 0 Å². The maximum atomic E-state index is 10.1. The van der Waals surface area contributed by atoms with Crippen LogP contribution < -0.4 is 4.74 Å². The maximum Gasteiger partial charge on any atom is 0.125 e. The third-order valence-corrected chi connectivity index (χ3v) is 3.12. The van der Waals surface area contributed by atoms with Crippen molar-refractivity contribution >= 4 is 0 Å². The second kappa shape index (κ2) is 5.35. The van der Waals surface area contributed by atoms with Gasteiger partial charge in [0.25, 0.3) is 0 Å². The van der Waals surface area contributed by atoms with Gasteiger partial charge in [0.1, 0.15) is 5.75 Å². The molecule has 1 unspecified atom stereocenters. The van der Waals surface area contributed by atoms with Crippen LogP contribution >= 0.6 is 0 Å². The average molecular weight is 220 g/mol. The van der Waals surface area contributed by atoms with Crippen molar-refractivity contribution in [3.63, 3.8) is 0 Å². The molecule has 2 heteroatoms. The summed E-state index contributed by atoms with van der Waals surface area (Å²) in [4.78, 5) is 0. The number of rotatable bonds is 6. The number of para-hydroxylation sites is 1. The molecule has 0 heterocycles. The minimum Gasteiger partial charge on any atom is -0.493 e. The zero-order valence-electron chi connectivity index (χ0n) is 9.86. The molecule has 0 amide bonds. The van der Waals surface area contributed by atoms with E-state index in [0.29, 0.717) is 6.61 Å². The van der Waals surface area contributed by atoms with E-state index >= 15 is 0 Å². The Labute approximate surface area is 97.3 Å². The largest absolute Gasteiger partial charge is 0.493 e. The fraction of sp³-hybridized carbons (Fsp3) is 0.571. The molecule has 0 spiro atoms. The van der Waals surface area contributed by atoms with Crippen LogP contribution in [0.25, 0.3) is 0 Å². The van der Waals surface area contributed by atoms with Gasteiger partial charge in [0.2, 0.25) is 0 Å². The topological polar surface area (TPSA) is 29.5 Å². The van der Waals surface area contributed by atoms with Crippen molar-refractivity contribution in [2.45, 2.75) is 38.7 Å². The van der Waals surface area contributed by atoms with Crippen LogP contribution in [0.15, 0.2) is 24.3 Å². The molecule has 0 aliphatic heterocycles. The molecule has 2 rings (SSSR count). The first-order chi connectivity index (χ1) is 7.81. The molecule has 0 bridgehead atoms. The van der Waals surface area contributed by atoms with Gasteiger partial charge in [-0.05, 0) is 31.7 Å². The van der Waals surface area contributed by atoms with Gasteiger partial charge in [0, 0.05) is 5.56 Å². The van der Waals surface area contributed by atoms with Crippen LogP contribution in [0.1, 0.15) is 44.3 Å². The molecule has 88 valence electrons. The zero-order chi connectivity index (χ0) is 11.4. The highest BCUT2D eigenvalue weighted by atomic mass is 16.5. The van der Waals surface area contributed by atoms with Crippen LogP contribution in [-0.4, -0.2) is 11.7 Å². The third kappa shape index (κ3) is 2.99. The molecule has 0 radical (unpaired) electrons. The number of ether oxygens (including phenoxy) is 1. The number of benzene rings is 1. The lowest BCUT2D eigenvalue weighted by Gasteiger charge is -2.15. The molecule has 2 nitrogen and oxygen atoms in total. The van der Waals surface area contributed by atoms with Crippen molar-refractivity contribution in [3.8, 4) is 5.75 Å². The van der Waals surface area contributed by atoms with Crippen molar-refractivity contribution in [2.24, 2.45) is 5.92 Å². The summed E-state index contributed by atoms with van der Waals surface area (Å²) in [6.45, 7) is 2.61. The second-order valence-electron chi connectivity index (χ2n) is 4.51. The van der Waals surface area contributed by atoms with Gasteiger partial charge in [-0.25, -0.2) is 0 Å². The maximum absolute atomic E-state index is 10.1. The summed E-state index contributed by atoms with van der Waals surface area (Å²) in [6.07, 6.45) is 4.32. The van der Waals surface area contributed by atoms with E-state index in [9.17, 15) is 5.11 Å². The highest BCUT2D eigenvalue weighted by Gasteiger charge is 2.23. The average Bonchev–Trinajstić information content (AvgIpc) is 3.11. The van der Waals surface area contributed by atoms with Crippen molar-refractivity contribution < 1.29 is 9.84 Å². The van der Waals surface area contributed by atoms with E-state index in [1.54, 1.807) is 0 Å². The van der Waals surface area contributed by atoms with Crippen LogP contribution in [0.4, 0.5) is 0 Å². The van der Waals surface area contributed by atoms with Crippen molar-refractivity contribution in [3.05, 3.63) is 29.8 Å². The SMILES string of the molecule is CCOc1ccccc1C(O)CCC1CC1. The monoisotopic (exact) mass is 220 g/mol. The lowest BCUT2D eigenvalue weighted by atomic mass is 10.0. The minimum atomic E-state index is -0.372. The normalized spacial score (nSPS) is 17.1. The van der Waals surface area contributed by atoms with Crippen molar-refractivity contribution in [1.82, 2.24) is 0 Å². The first-order valence-electron chi connectivity index (χ1n) is 6.21. The van der Waals surface area contributed by atoms with E-state index in [1.165, 1.54) is 12.8 Å². The summed E-state index contributed by atoms with van der Waals surface area (Å²) in [6, 6.07) is 7.79. The summed E-state index contributed by atoms with van der Waals surface area (Å²) in [5.41, 5.74) is 0.935. The number of aliphatic hydroxyl groups is 1. The van der Waals surface area contributed by atoms with E-state index in [4.69, 9.17) is 4.74 Å². The predicted octanol–water partition coefficient (Wildman–Crippen LogP) is 3.31. The molecule has 1 aromatic carbocycles. The van der Waals surface area contributed by atoms with Gasteiger partial charge < -0.3 is 9.84 Å². The quantitative estimate of drug-likeness (QED) is 0.797. The zero-order valence-corrected chi connectivity index (χ0v) is 9.86. The molecule has 1 atom stereocenters. The van der Waals surface area contributed by atoms with Gasteiger partial charge in [0.15, 0.2) is 0 Å². The Morgan fingerprint density at radius 2 is 2.12 bits per heavy atom. The third-order valence-electron chi connectivity index (χ3n) is 3.12. The van der Waals surface area contributed by atoms with E-state index < -0.39 is 0 Å². The molecular weight excluding hydrogens is 200 g/mol. The minimum absolute atomic E-state index is 0.372. The Balaban J connectivity index is 1.98. The molecule has 1 saturated carbocycles. The first-order valence-corrected chi connectivity index (χ1v) is 6.21. The summed E-state index contributed by atoms with van der Waals surface area (Å²) < 4.78 is 5.52. The van der Waals surface area contributed by atoms with Crippen LogP contribution in [0.3, 0.4) is 0 Å². The molecule has 1 aliphatic rings. The Hall–Kier alpha value is -1.02. The highest BCUT2D eigenvalue weighted by molar-refractivity contribution is 5.35. The van der Waals surface area contributed by atoms with Crippen LogP contribution in [0.2, 0.25) is 0 Å². The smallest absolute Gasteiger partial charge is 0.125 e. The summed E-state index contributed by atoms with van der Waals surface area (Å²) in [7, 11) is 0. The molecule has 1 aromatic rings. The van der Waals surface area contributed by atoms with Gasteiger partial charge in [-0.2, -0.15) is 0 Å². The number of hydrogen-bond donors (Lipinski definition) is 1. The van der Waals surface area contributed by atoms with E-state index in [2.05, 4.69) is 0 Å². The van der Waals surface area contributed by atoms with Crippen LogP contribution in [-0.2, 0) is 0 Å². The molecule has 1 fully saturated rings. The first kappa shape index (κ1) is 11.5. The second-order valence-corrected chi connectivity index (χ2v) is 4.51. The lowest BCUT2D eigenvalue weighted by Crippen LogP contribution is -2.02. The lowest BCUT2D eigenvalue weighted by molar-refractivity contribution is 0.157. The van der Waals surface area contributed by atoms with Crippen molar-refractivity contribution in [1.29, 1.82) is 0 Å². The Bertz CT molecular complexity index is 331. The fourth-order valence-electron chi connectivity index (χ4n) is 2.00. The summed E-state index contributed by atoms with van der Waals surface area (Å²) >= 11 is 0. The molecular formula is C14H20O2. The summed E-state index contributed by atoms with van der Waals surface area (Å²) in [5.74, 6) is 1.70. The Morgan fingerprint density at radius 1 is 1.38 bits per heavy atom. The van der Waals surface area contributed by atoms with Gasteiger partial charge in [-0.1, -0.05) is 31.0 Å². The number of hydrogen-bond acceptors (Lipinski definition) is 2. The highest BCUT2D eigenvalue weighted by Crippen LogP contribution is 2.37. The fourth-order valence-corrected chi connectivity index (χ4v) is 2.00. The van der Waals surface area contributed by atoms with Crippen molar-refractivity contribution in [2.75, 3.05) is 6.61 Å². The number of aliphatic hydroxyl groups excluding tert-OH is 1. The van der Waals surface area contributed by atoms with Crippen LogP contribution in [0.5, 0.6) is 5.75 Å². The van der Waals surface area contributed by atoms with E-state index in [0.717, 1.165) is 30.1 Å². The van der Waals surface area contributed by atoms with Gasteiger partial charge >= 0.3 is 0 Å². The summed E-state index contributed by atoms with van der Waals surface area (Å²) in [5, 5.41) is 10.1. The van der Waals surface area contributed by atoms with E-state index in [1.807, 2.05) is 31.2 Å². The van der Waals surface area contributed by atoms with E-state index in [-0.39, 0.29) is 6.10 Å². The predicted molar refractivity (Wildman–Crippen MR) is 64.5 cm³/mol. The molecule has 0 saturated heterocycles. The van der Waals surface area contributed by atoms with Gasteiger partial charge in [-0.3, -0.25) is 0 Å². The molecule has 1 N–H and O–H groups in total. The Morgan fingerprint density at radius 3 is 2.81 bits per heavy atom. The molecule has 16 heavy (non-hydrogen) atoms.